The molecule has 0 bridgehead atoms. The summed E-state index contributed by atoms with van der Waals surface area (Å²) in [6.07, 6.45) is 0.926. The molecule has 0 spiro atoms. The minimum Gasteiger partial charge on any atom is -0.466 e. The van der Waals surface area contributed by atoms with Gasteiger partial charge in [0.2, 0.25) is 0 Å². The maximum atomic E-state index is 11.5. The van der Waals surface area contributed by atoms with Crippen molar-refractivity contribution in [1.29, 1.82) is 0 Å². The summed E-state index contributed by atoms with van der Waals surface area (Å²) in [4.78, 5) is 11.5. The standard InChI is InChI=1S/C19H22N2O2/c1-3-23-19(22)15-14-16(2)20-21(17-10-6-4-7-11-17)18-12-8-5-9-13-18/h4-13H,3,14-15H2,1-2H3/b20-16-. The molecule has 0 amide bonds. The third-order valence-corrected chi connectivity index (χ3v) is 3.27. The highest BCUT2D eigenvalue weighted by Crippen LogP contribution is 2.25. The van der Waals surface area contributed by atoms with Crippen molar-refractivity contribution in [2.45, 2.75) is 26.7 Å². The molecule has 0 saturated heterocycles. The van der Waals surface area contributed by atoms with E-state index in [4.69, 9.17) is 9.84 Å². The van der Waals surface area contributed by atoms with E-state index in [0.29, 0.717) is 19.4 Å². The molecule has 23 heavy (non-hydrogen) atoms. The van der Waals surface area contributed by atoms with Gasteiger partial charge in [-0.1, -0.05) is 36.4 Å². The number of ether oxygens (including phenoxy) is 1. The topological polar surface area (TPSA) is 41.9 Å². The Bertz CT molecular complexity index is 599. The van der Waals surface area contributed by atoms with Crippen LogP contribution in [0.2, 0.25) is 0 Å². The zero-order valence-electron chi connectivity index (χ0n) is 13.6. The van der Waals surface area contributed by atoms with Gasteiger partial charge in [-0.15, -0.1) is 0 Å². The van der Waals surface area contributed by atoms with E-state index in [2.05, 4.69) is 0 Å². The smallest absolute Gasteiger partial charge is 0.306 e. The van der Waals surface area contributed by atoms with Crippen molar-refractivity contribution in [1.82, 2.24) is 0 Å². The fourth-order valence-electron chi connectivity index (χ4n) is 2.14. The van der Waals surface area contributed by atoms with Crippen LogP contribution in [0.1, 0.15) is 26.7 Å². The van der Waals surface area contributed by atoms with E-state index in [-0.39, 0.29) is 5.97 Å². The quantitative estimate of drug-likeness (QED) is 0.428. The SMILES string of the molecule is CCOC(=O)CC/C(C)=N\N(c1ccccc1)c1ccccc1. The molecule has 0 atom stereocenters. The summed E-state index contributed by atoms with van der Waals surface area (Å²) < 4.78 is 4.96. The third kappa shape index (κ3) is 5.25. The molecule has 120 valence electrons. The molecule has 0 heterocycles. The summed E-state index contributed by atoms with van der Waals surface area (Å²) in [5.41, 5.74) is 2.84. The molecule has 2 aromatic carbocycles. The number of esters is 1. The number of benzene rings is 2. The molecule has 0 unspecified atom stereocenters. The number of hydrogen-bond acceptors (Lipinski definition) is 4. The zero-order chi connectivity index (χ0) is 16.5. The lowest BCUT2D eigenvalue weighted by atomic mass is 10.2. The Labute approximate surface area is 137 Å². The Kier molecular flexibility index (Phi) is 6.36. The van der Waals surface area contributed by atoms with Gasteiger partial charge < -0.3 is 4.74 Å². The first kappa shape index (κ1) is 16.7. The Morgan fingerprint density at radius 1 is 0.957 bits per heavy atom. The Morgan fingerprint density at radius 2 is 1.48 bits per heavy atom. The maximum Gasteiger partial charge on any atom is 0.306 e. The monoisotopic (exact) mass is 310 g/mol. The van der Waals surface area contributed by atoms with Crippen molar-refractivity contribution in [2.75, 3.05) is 11.6 Å². The van der Waals surface area contributed by atoms with Crippen LogP contribution in [-0.2, 0) is 9.53 Å². The molecule has 2 aromatic rings. The summed E-state index contributed by atoms with van der Waals surface area (Å²) in [5, 5.41) is 6.58. The molecule has 0 aliphatic carbocycles. The van der Waals surface area contributed by atoms with Crippen molar-refractivity contribution in [3.63, 3.8) is 0 Å². The molecule has 0 aromatic heterocycles. The van der Waals surface area contributed by atoms with E-state index in [1.807, 2.05) is 79.5 Å². The number of nitrogens with zero attached hydrogens (tertiary/aromatic N) is 2. The van der Waals surface area contributed by atoms with Gasteiger partial charge in [-0.25, -0.2) is 5.01 Å². The zero-order valence-corrected chi connectivity index (χ0v) is 13.6. The Hall–Kier alpha value is -2.62. The third-order valence-electron chi connectivity index (χ3n) is 3.27. The summed E-state index contributed by atoms with van der Waals surface area (Å²) in [7, 11) is 0. The lowest BCUT2D eigenvalue weighted by Crippen LogP contribution is -2.13. The lowest BCUT2D eigenvalue weighted by molar-refractivity contribution is -0.142. The van der Waals surface area contributed by atoms with Crippen LogP contribution in [0.25, 0.3) is 0 Å². The van der Waals surface area contributed by atoms with Gasteiger partial charge in [0.25, 0.3) is 0 Å². The second-order valence-electron chi connectivity index (χ2n) is 5.12. The number of carbonyl (C=O) groups is 1. The minimum absolute atomic E-state index is 0.187. The average Bonchev–Trinajstić information content (AvgIpc) is 2.60. The summed E-state index contributed by atoms with van der Waals surface area (Å²) in [6, 6.07) is 19.9. The minimum atomic E-state index is -0.187. The highest BCUT2D eigenvalue weighted by atomic mass is 16.5. The van der Waals surface area contributed by atoms with Gasteiger partial charge in [0.05, 0.1) is 24.4 Å². The second kappa shape index (κ2) is 8.73. The molecule has 0 fully saturated rings. The van der Waals surface area contributed by atoms with Crippen LogP contribution < -0.4 is 5.01 Å². The molecule has 4 heteroatoms. The van der Waals surface area contributed by atoms with E-state index >= 15 is 0 Å². The van der Waals surface area contributed by atoms with E-state index in [9.17, 15) is 4.79 Å². The van der Waals surface area contributed by atoms with Crippen LogP contribution in [0.5, 0.6) is 0 Å². The average molecular weight is 310 g/mol. The highest BCUT2D eigenvalue weighted by Gasteiger charge is 2.09. The van der Waals surface area contributed by atoms with Crippen LogP contribution >= 0.6 is 0 Å². The Morgan fingerprint density at radius 3 is 1.96 bits per heavy atom. The molecule has 2 rings (SSSR count). The van der Waals surface area contributed by atoms with Crippen LogP contribution in [0.4, 0.5) is 11.4 Å². The van der Waals surface area contributed by atoms with Gasteiger partial charge >= 0.3 is 5.97 Å². The summed E-state index contributed by atoms with van der Waals surface area (Å²) in [6.45, 7) is 4.15. The van der Waals surface area contributed by atoms with Crippen molar-refractivity contribution < 1.29 is 9.53 Å². The predicted molar refractivity (Wildman–Crippen MR) is 94.0 cm³/mol. The fraction of sp³-hybridized carbons (Fsp3) is 0.263. The highest BCUT2D eigenvalue weighted by molar-refractivity contribution is 5.87. The van der Waals surface area contributed by atoms with Crippen molar-refractivity contribution in [3.8, 4) is 0 Å². The number of para-hydroxylation sites is 2. The molecule has 4 nitrogen and oxygen atoms in total. The first-order valence-corrected chi connectivity index (χ1v) is 7.80. The number of rotatable bonds is 7. The molecular weight excluding hydrogens is 288 g/mol. The van der Waals surface area contributed by atoms with Crippen LogP contribution in [0.3, 0.4) is 0 Å². The van der Waals surface area contributed by atoms with Crippen molar-refractivity contribution in [2.24, 2.45) is 5.10 Å². The van der Waals surface area contributed by atoms with Crippen LogP contribution in [0.15, 0.2) is 65.8 Å². The largest absolute Gasteiger partial charge is 0.466 e. The van der Waals surface area contributed by atoms with Gasteiger partial charge in [0.15, 0.2) is 0 Å². The van der Waals surface area contributed by atoms with Crippen molar-refractivity contribution >= 4 is 23.1 Å². The molecule has 0 aliphatic heterocycles. The van der Waals surface area contributed by atoms with Gasteiger partial charge in [-0.3, -0.25) is 4.79 Å². The van der Waals surface area contributed by atoms with Crippen LogP contribution in [-0.4, -0.2) is 18.3 Å². The van der Waals surface area contributed by atoms with Gasteiger partial charge in [0.1, 0.15) is 0 Å². The number of anilines is 2. The molecule has 0 N–H and O–H groups in total. The van der Waals surface area contributed by atoms with Gasteiger partial charge in [-0.05, 0) is 44.5 Å². The van der Waals surface area contributed by atoms with E-state index in [0.717, 1.165) is 17.1 Å². The van der Waals surface area contributed by atoms with Crippen molar-refractivity contribution in [3.05, 3.63) is 60.7 Å². The summed E-state index contributed by atoms with van der Waals surface area (Å²) >= 11 is 0. The van der Waals surface area contributed by atoms with Crippen LogP contribution in [0, 0.1) is 0 Å². The summed E-state index contributed by atoms with van der Waals surface area (Å²) in [5.74, 6) is -0.187. The molecule has 0 aliphatic rings. The van der Waals surface area contributed by atoms with E-state index in [1.54, 1.807) is 0 Å². The first-order chi connectivity index (χ1) is 11.2. The second-order valence-corrected chi connectivity index (χ2v) is 5.12. The molecule has 0 saturated carbocycles. The van der Waals surface area contributed by atoms with E-state index < -0.39 is 0 Å². The normalized spacial score (nSPS) is 11.1. The lowest BCUT2D eigenvalue weighted by Gasteiger charge is -2.20. The number of hydrazone groups is 1. The predicted octanol–water partition coefficient (Wildman–Crippen LogP) is 4.54. The maximum absolute atomic E-state index is 11.5. The molecule has 0 radical (unpaired) electrons. The van der Waals surface area contributed by atoms with Gasteiger partial charge in [0, 0.05) is 5.71 Å². The number of hydrogen-bond donors (Lipinski definition) is 0. The van der Waals surface area contributed by atoms with E-state index in [1.165, 1.54) is 0 Å². The van der Waals surface area contributed by atoms with Gasteiger partial charge in [-0.2, -0.15) is 5.10 Å². The fourth-order valence-corrected chi connectivity index (χ4v) is 2.14. The Balaban J connectivity index is 2.18. The molecular formula is C19H22N2O2. The number of carbonyl (C=O) groups excluding carboxylic acids is 1. The first-order valence-electron chi connectivity index (χ1n) is 7.80.